The lowest BCUT2D eigenvalue weighted by Crippen LogP contribution is -1.99. The number of H-pyrrole nitrogens is 1. The Morgan fingerprint density at radius 2 is 2.19 bits per heavy atom. The van der Waals surface area contributed by atoms with Gasteiger partial charge in [-0.15, -0.1) is 25.2 Å². The molecule has 1 aromatic carbocycles. The second-order valence-electron chi connectivity index (χ2n) is 3.82. The lowest BCUT2D eigenvalue weighted by Gasteiger charge is -2.03. The van der Waals surface area contributed by atoms with Crippen LogP contribution in [0.2, 0.25) is 0 Å². The number of aromatic amines is 1. The summed E-state index contributed by atoms with van der Waals surface area (Å²) in [5.41, 5.74) is 1.83. The minimum atomic E-state index is 0.230. The number of hydrogen-bond acceptors (Lipinski definition) is 8. The van der Waals surface area contributed by atoms with Crippen LogP contribution in [-0.4, -0.2) is 40.8 Å². The van der Waals surface area contributed by atoms with Gasteiger partial charge < -0.3 is 5.32 Å². The molecule has 0 spiro atoms. The van der Waals surface area contributed by atoms with Crippen molar-refractivity contribution in [3.05, 3.63) is 42.6 Å². The van der Waals surface area contributed by atoms with Crippen LogP contribution in [0.3, 0.4) is 0 Å². The normalized spacial score (nSPS) is 11.1. The smallest absolute Gasteiger partial charge is 0.216 e. The molecule has 0 atom stereocenters. The Hall–Kier alpha value is -3.61. The predicted molar refractivity (Wildman–Crippen MR) is 70.5 cm³/mol. The van der Waals surface area contributed by atoms with Gasteiger partial charge in [-0.3, -0.25) is 0 Å². The Kier molecular flexibility index (Phi) is 3.30. The molecule has 0 fully saturated rings. The van der Waals surface area contributed by atoms with Gasteiger partial charge in [0, 0.05) is 11.9 Å². The quantitative estimate of drug-likeness (QED) is 0.645. The van der Waals surface area contributed by atoms with Crippen LogP contribution in [0, 0.1) is 11.3 Å². The minimum absolute atomic E-state index is 0.230. The summed E-state index contributed by atoms with van der Waals surface area (Å²) >= 11 is 0. The summed E-state index contributed by atoms with van der Waals surface area (Å²) in [6.45, 7) is 0. The van der Waals surface area contributed by atoms with Crippen LogP contribution in [0.1, 0.15) is 5.82 Å². The topological polar surface area (TPSA) is 134 Å². The van der Waals surface area contributed by atoms with E-state index in [4.69, 9.17) is 5.26 Å². The van der Waals surface area contributed by atoms with Crippen molar-refractivity contribution in [1.29, 1.82) is 5.26 Å². The molecule has 0 aliphatic carbocycles. The molecule has 0 amide bonds. The SMILES string of the molecule is N#CC(=CNc1ccc(-n2ncnn2)cc1)c1nn[nH]n1. The van der Waals surface area contributed by atoms with Crippen molar-refractivity contribution in [2.45, 2.75) is 0 Å². The van der Waals surface area contributed by atoms with Gasteiger partial charge in [0.25, 0.3) is 0 Å². The number of hydrogen-bond donors (Lipinski definition) is 2. The van der Waals surface area contributed by atoms with E-state index in [0.717, 1.165) is 11.4 Å². The first-order chi connectivity index (χ1) is 10.4. The molecular formula is C11H8N10. The molecule has 0 unspecified atom stereocenters. The molecule has 21 heavy (non-hydrogen) atoms. The third-order valence-electron chi connectivity index (χ3n) is 2.54. The van der Waals surface area contributed by atoms with Gasteiger partial charge in [0.15, 0.2) is 6.33 Å². The number of rotatable bonds is 4. The van der Waals surface area contributed by atoms with Crippen LogP contribution in [0.25, 0.3) is 11.3 Å². The van der Waals surface area contributed by atoms with Crippen LogP contribution in [-0.2, 0) is 0 Å². The lowest BCUT2D eigenvalue weighted by atomic mass is 10.2. The fraction of sp³-hybridized carbons (Fsp3) is 0. The summed E-state index contributed by atoms with van der Waals surface area (Å²) in [5.74, 6) is 0.230. The molecule has 3 aromatic rings. The second-order valence-corrected chi connectivity index (χ2v) is 3.82. The summed E-state index contributed by atoms with van der Waals surface area (Å²) in [6.07, 6.45) is 2.87. The summed E-state index contributed by atoms with van der Waals surface area (Å²) < 4.78 is 0. The molecule has 2 N–H and O–H groups in total. The van der Waals surface area contributed by atoms with Crippen LogP contribution in [0.15, 0.2) is 36.8 Å². The fourth-order valence-electron chi connectivity index (χ4n) is 1.55. The zero-order valence-corrected chi connectivity index (χ0v) is 10.5. The van der Waals surface area contributed by atoms with Crippen molar-refractivity contribution in [2.24, 2.45) is 0 Å². The molecule has 3 rings (SSSR count). The van der Waals surface area contributed by atoms with Gasteiger partial charge in [-0.25, -0.2) is 0 Å². The summed E-state index contributed by atoms with van der Waals surface area (Å²) in [7, 11) is 0. The molecular weight excluding hydrogens is 272 g/mol. The number of aromatic nitrogens is 8. The van der Waals surface area contributed by atoms with Crippen molar-refractivity contribution in [3.8, 4) is 11.8 Å². The maximum atomic E-state index is 9.04. The van der Waals surface area contributed by atoms with Gasteiger partial charge in [0.2, 0.25) is 5.82 Å². The maximum absolute atomic E-state index is 9.04. The van der Waals surface area contributed by atoms with E-state index in [1.54, 1.807) is 0 Å². The van der Waals surface area contributed by atoms with Gasteiger partial charge >= 0.3 is 0 Å². The molecule has 2 aromatic heterocycles. The van der Waals surface area contributed by atoms with Crippen LogP contribution >= 0.6 is 0 Å². The molecule has 0 bridgehead atoms. The van der Waals surface area contributed by atoms with E-state index < -0.39 is 0 Å². The molecule has 10 nitrogen and oxygen atoms in total. The molecule has 10 heteroatoms. The van der Waals surface area contributed by atoms with Gasteiger partial charge in [-0.2, -0.15) is 10.5 Å². The number of benzene rings is 1. The first kappa shape index (κ1) is 12.4. The standard InChI is InChI=1S/C11H8N10/c12-5-8(11-16-18-19-17-11)6-13-9-1-3-10(4-2-9)21-15-7-14-20-21/h1-4,6-7,13H,(H,16,17,18,19). The first-order valence-electron chi connectivity index (χ1n) is 5.81. The highest BCUT2D eigenvalue weighted by atomic mass is 15.6. The molecule has 0 saturated carbocycles. The Bertz CT molecular complexity index is 764. The van der Waals surface area contributed by atoms with Crippen LogP contribution in [0.5, 0.6) is 0 Å². The highest BCUT2D eigenvalue weighted by molar-refractivity contribution is 5.74. The highest BCUT2D eigenvalue weighted by Crippen LogP contribution is 2.13. The summed E-state index contributed by atoms with van der Waals surface area (Å²) in [6, 6.07) is 9.26. The molecule has 0 saturated heterocycles. The van der Waals surface area contributed by atoms with Crippen LogP contribution in [0.4, 0.5) is 5.69 Å². The molecule has 0 aliphatic heterocycles. The van der Waals surface area contributed by atoms with E-state index in [-0.39, 0.29) is 11.4 Å². The lowest BCUT2D eigenvalue weighted by molar-refractivity contribution is 0.720. The maximum Gasteiger partial charge on any atom is 0.216 e. The van der Waals surface area contributed by atoms with Crippen molar-refractivity contribution in [1.82, 2.24) is 40.8 Å². The number of tetrazole rings is 2. The van der Waals surface area contributed by atoms with E-state index >= 15 is 0 Å². The number of nitriles is 1. The van der Waals surface area contributed by atoms with Gasteiger partial charge in [0.05, 0.1) is 5.69 Å². The van der Waals surface area contributed by atoms with Crippen molar-refractivity contribution in [2.75, 3.05) is 5.32 Å². The first-order valence-corrected chi connectivity index (χ1v) is 5.81. The molecule has 102 valence electrons. The molecule has 0 aliphatic rings. The molecule has 2 heterocycles. The minimum Gasteiger partial charge on any atom is -0.360 e. The zero-order chi connectivity index (χ0) is 14.5. The second kappa shape index (κ2) is 5.57. The van der Waals surface area contributed by atoms with Crippen molar-refractivity contribution in [3.63, 3.8) is 0 Å². The Labute approximate surface area is 118 Å². The van der Waals surface area contributed by atoms with Crippen molar-refractivity contribution < 1.29 is 0 Å². The van der Waals surface area contributed by atoms with E-state index in [0.29, 0.717) is 0 Å². The predicted octanol–water partition coefficient (Wildman–Crippen LogP) is 0.152. The number of nitrogens with zero attached hydrogens (tertiary/aromatic N) is 8. The third kappa shape index (κ3) is 2.71. The Balaban J connectivity index is 1.75. The monoisotopic (exact) mass is 280 g/mol. The molecule has 0 radical (unpaired) electrons. The van der Waals surface area contributed by atoms with Crippen LogP contribution < -0.4 is 5.32 Å². The van der Waals surface area contributed by atoms with E-state index in [1.165, 1.54) is 17.3 Å². The zero-order valence-electron chi connectivity index (χ0n) is 10.5. The average molecular weight is 280 g/mol. The van der Waals surface area contributed by atoms with E-state index in [9.17, 15) is 0 Å². The highest BCUT2D eigenvalue weighted by Gasteiger charge is 2.05. The van der Waals surface area contributed by atoms with E-state index in [1.807, 2.05) is 30.3 Å². The number of nitrogens with one attached hydrogen (secondary N) is 2. The van der Waals surface area contributed by atoms with Gasteiger partial charge in [-0.1, -0.05) is 0 Å². The summed E-state index contributed by atoms with van der Waals surface area (Å²) in [4.78, 5) is 1.40. The van der Waals surface area contributed by atoms with E-state index in [2.05, 4.69) is 41.4 Å². The van der Waals surface area contributed by atoms with Gasteiger partial charge in [0.1, 0.15) is 11.6 Å². The number of anilines is 1. The average Bonchev–Trinajstić information content (AvgIpc) is 3.22. The fourth-order valence-corrected chi connectivity index (χ4v) is 1.55. The van der Waals surface area contributed by atoms with Gasteiger partial charge in [-0.05, 0) is 34.7 Å². The largest absolute Gasteiger partial charge is 0.360 e. The third-order valence-corrected chi connectivity index (χ3v) is 2.54. The Morgan fingerprint density at radius 1 is 1.33 bits per heavy atom. The van der Waals surface area contributed by atoms with Crippen molar-refractivity contribution >= 4 is 11.3 Å². The number of allylic oxidation sites excluding steroid dienone is 1. The Morgan fingerprint density at radius 3 is 2.81 bits per heavy atom. The summed E-state index contributed by atoms with van der Waals surface area (Å²) in [5, 5.41) is 36.6.